The van der Waals surface area contributed by atoms with Crippen molar-refractivity contribution >= 4 is 42.9 Å². The fourth-order valence-electron chi connectivity index (χ4n) is 1.95. The van der Waals surface area contributed by atoms with E-state index in [1.807, 2.05) is 35.8 Å². The van der Waals surface area contributed by atoms with E-state index in [1.54, 1.807) is 17.5 Å². The lowest BCUT2D eigenvalue weighted by Crippen LogP contribution is -2.15. The van der Waals surface area contributed by atoms with Crippen molar-refractivity contribution in [2.75, 3.05) is 0 Å². The van der Waals surface area contributed by atoms with Crippen LogP contribution in [0.25, 0.3) is 10.2 Å². The molecule has 1 aromatic carbocycles. The number of para-hydroxylation sites is 1. The van der Waals surface area contributed by atoms with Gasteiger partial charge in [0.25, 0.3) is 10.0 Å². The zero-order valence-electron chi connectivity index (χ0n) is 10.7. The number of sulfonamides is 1. The molecular weight excluding hydrogens is 312 g/mol. The molecule has 0 spiro atoms. The maximum atomic E-state index is 12.2. The number of fused-ring (bicyclic) bond motifs is 1. The normalized spacial score (nSPS) is 13.2. The molecule has 20 heavy (non-hydrogen) atoms. The first kappa shape index (κ1) is 13.5. The summed E-state index contributed by atoms with van der Waals surface area (Å²) in [6.07, 6.45) is 0. The third kappa shape index (κ3) is 2.32. The van der Waals surface area contributed by atoms with E-state index >= 15 is 0 Å². The van der Waals surface area contributed by atoms with Crippen LogP contribution in [0.2, 0.25) is 0 Å². The van der Waals surface area contributed by atoms with Crippen molar-refractivity contribution in [3.8, 4) is 0 Å². The van der Waals surface area contributed by atoms with E-state index in [0.717, 1.165) is 10.2 Å². The van der Waals surface area contributed by atoms with Crippen LogP contribution in [-0.2, 0) is 16.6 Å². The topological polar surface area (TPSA) is 51.4 Å². The summed E-state index contributed by atoms with van der Waals surface area (Å²) in [5.74, 6) is 0. The number of thiophene rings is 1. The highest BCUT2D eigenvalue weighted by molar-refractivity contribution is 7.92. The van der Waals surface area contributed by atoms with Crippen molar-refractivity contribution in [1.29, 1.82) is 0 Å². The number of thiazole rings is 1. The van der Waals surface area contributed by atoms with Crippen LogP contribution < -0.4 is 4.80 Å². The van der Waals surface area contributed by atoms with Crippen LogP contribution in [0.3, 0.4) is 0 Å². The van der Waals surface area contributed by atoms with Gasteiger partial charge < -0.3 is 4.57 Å². The van der Waals surface area contributed by atoms with Gasteiger partial charge in [0.2, 0.25) is 4.80 Å². The monoisotopic (exact) mass is 324 g/mol. The molecule has 0 fully saturated rings. The van der Waals surface area contributed by atoms with Crippen molar-refractivity contribution in [1.82, 2.24) is 4.57 Å². The van der Waals surface area contributed by atoms with Gasteiger partial charge in [-0.05, 0) is 30.5 Å². The number of hydrogen-bond donors (Lipinski definition) is 0. The molecule has 3 rings (SSSR count). The van der Waals surface area contributed by atoms with Crippen LogP contribution >= 0.6 is 22.7 Å². The summed E-state index contributed by atoms with van der Waals surface area (Å²) in [6, 6.07) is 11.1. The van der Waals surface area contributed by atoms with Gasteiger partial charge >= 0.3 is 0 Å². The lowest BCUT2D eigenvalue weighted by molar-refractivity contribution is 0.597. The SMILES string of the molecule is CCn1c(=NS(=O)(=O)c2cccs2)sc2ccccc21. The molecular formula is C13H12N2O2S3. The Morgan fingerprint density at radius 2 is 2.00 bits per heavy atom. The van der Waals surface area contributed by atoms with Gasteiger partial charge in [-0.25, -0.2) is 0 Å². The Morgan fingerprint density at radius 1 is 1.20 bits per heavy atom. The van der Waals surface area contributed by atoms with Crippen molar-refractivity contribution in [3.63, 3.8) is 0 Å². The van der Waals surface area contributed by atoms with E-state index < -0.39 is 10.0 Å². The van der Waals surface area contributed by atoms with Crippen molar-refractivity contribution in [2.24, 2.45) is 4.40 Å². The summed E-state index contributed by atoms with van der Waals surface area (Å²) < 4.78 is 31.7. The van der Waals surface area contributed by atoms with Gasteiger partial charge in [-0.15, -0.1) is 15.7 Å². The first-order valence-corrected chi connectivity index (χ1v) is 9.18. The first-order chi connectivity index (χ1) is 9.62. The van der Waals surface area contributed by atoms with Crippen LogP contribution in [0.1, 0.15) is 6.92 Å². The predicted molar refractivity (Wildman–Crippen MR) is 82.6 cm³/mol. The van der Waals surface area contributed by atoms with Crippen molar-refractivity contribution < 1.29 is 8.42 Å². The Hall–Kier alpha value is -1.44. The van der Waals surface area contributed by atoms with Crippen LogP contribution in [0, 0.1) is 0 Å². The van der Waals surface area contributed by atoms with Gasteiger partial charge in [-0.2, -0.15) is 8.42 Å². The molecule has 2 aromatic heterocycles. The molecule has 2 heterocycles. The Morgan fingerprint density at radius 3 is 2.70 bits per heavy atom. The minimum absolute atomic E-state index is 0.276. The molecule has 0 atom stereocenters. The molecule has 0 amide bonds. The maximum absolute atomic E-state index is 12.2. The minimum Gasteiger partial charge on any atom is -0.316 e. The molecule has 0 unspecified atom stereocenters. The average Bonchev–Trinajstić information content (AvgIpc) is 3.05. The predicted octanol–water partition coefficient (Wildman–Crippen LogP) is 3.07. The Balaban J connectivity index is 2.27. The molecule has 7 heteroatoms. The lowest BCUT2D eigenvalue weighted by atomic mass is 10.3. The molecule has 0 saturated heterocycles. The third-order valence-corrected chi connectivity index (χ3v) is 6.67. The first-order valence-electron chi connectivity index (χ1n) is 6.04. The fraction of sp³-hybridized carbons (Fsp3) is 0.154. The third-order valence-electron chi connectivity index (χ3n) is 2.85. The number of rotatable bonds is 3. The zero-order valence-corrected chi connectivity index (χ0v) is 13.1. The number of nitrogens with zero attached hydrogens (tertiary/aromatic N) is 2. The number of aryl methyl sites for hydroxylation is 1. The number of hydrogen-bond acceptors (Lipinski definition) is 4. The van der Waals surface area contributed by atoms with E-state index in [1.165, 1.54) is 22.7 Å². The highest BCUT2D eigenvalue weighted by atomic mass is 32.2. The van der Waals surface area contributed by atoms with Crippen LogP contribution in [0.5, 0.6) is 0 Å². The molecule has 3 aromatic rings. The molecule has 0 aliphatic heterocycles. The van der Waals surface area contributed by atoms with Gasteiger partial charge in [-0.3, -0.25) is 0 Å². The largest absolute Gasteiger partial charge is 0.316 e. The molecule has 0 radical (unpaired) electrons. The fourth-order valence-corrected chi connectivity index (χ4v) is 5.22. The molecule has 0 N–H and O–H groups in total. The molecule has 0 bridgehead atoms. The van der Waals surface area contributed by atoms with Gasteiger partial charge in [-0.1, -0.05) is 29.5 Å². The highest BCUT2D eigenvalue weighted by Crippen LogP contribution is 2.20. The molecule has 4 nitrogen and oxygen atoms in total. The summed E-state index contributed by atoms with van der Waals surface area (Å²) in [7, 11) is -3.62. The summed E-state index contributed by atoms with van der Waals surface area (Å²) in [4.78, 5) is 0.516. The lowest BCUT2D eigenvalue weighted by Gasteiger charge is -1.99. The van der Waals surface area contributed by atoms with Gasteiger partial charge in [0.1, 0.15) is 4.21 Å². The van der Waals surface area contributed by atoms with Crippen LogP contribution in [-0.4, -0.2) is 13.0 Å². The highest BCUT2D eigenvalue weighted by Gasteiger charge is 2.15. The quantitative estimate of drug-likeness (QED) is 0.743. The standard InChI is InChI=1S/C13H12N2O2S3/c1-2-15-10-6-3-4-7-11(10)19-13(15)14-20(16,17)12-8-5-9-18-12/h3-9H,2H2,1H3. The van der Waals surface area contributed by atoms with E-state index in [2.05, 4.69) is 4.40 Å². The van der Waals surface area contributed by atoms with E-state index in [-0.39, 0.29) is 4.21 Å². The summed E-state index contributed by atoms with van der Waals surface area (Å²) in [6.45, 7) is 2.67. The summed E-state index contributed by atoms with van der Waals surface area (Å²) in [5.41, 5.74) is 1.01. The molecule has 0 aliphatic carbocycles. The van der Waals surface area contributed by atoms with Gasteiger partial charge in [0, 0.05) is 6.54 Å². The van der Waals surface area contributed by atoms with Crippen molar-refractivity contribution in [2.45, 2.75) is 17.7 Å². The second-order valence-corrected chi connectivity index (χ2v) is 7.88. The summed E-state index contributed by atoms with van der Waals surface area (Å²) in [5, 5.41) is 1.74. The molecule has 0 aliphatic rings. The van der Waals surface area contributed by atoms with Crippen molar-refractivity contribution in [3.05, 3.63) is 46.6 Å². The maximum Gasteiger partial charge on any atom is 0.294 e. The average molecular weight is 324 g/mol. The second-order valence-electron chi connectivity index (χ2n) is 4.10. The minimum atomic E-state index is -3.62. The molecule has 0 saturated carbocycles. The Bertz CT molecular complexity index is 903. The van der Waals surface area contributed by atoms with E-state index in [4.69, 9.17) is 0 Å². The van der Waals surface area contributed by atoms with Gasteiger partial charge in [0.05, 0.1) is 10.2 Å². The molecule has 104 valence electrons. The number of aromatic nitrogens is 1. The van der Waals surface area contributed by atoms with E-state index in [9.17, 15) is 8.42 Å². The van der Waals surface area contributed by atoms with Crippen LogP contribution in [0.15, 0.2) is 50.4 Å². The number of benzene rings is 1. The smallest absolute Gasteiger partial charge is 0.294 e. The van der Waals surface area contributed by atoms with Gasteiger partial charge in [0.15, 0.2) is 0 Å². The summed E-state index contributed by atoms with van der Waals surface area (Å²) >= 11 is 2.58. The Kier molecular flexibility index (Phi) is 3.49. The van der Waals surface area contributed by atoms with Crippen LogP contribution in [0.4, 0.5) is 0 Å². The second kappa shape index (κ2) is 5.16. The Labute approximate surface area is 124 Å². The van der Waals surface area contributed by atoms with E-state index in [0.29, 0.717) is 11.3 Å². The zero-order chi connectivity index (χ0) is 14.2.